The summed E-state index contributed by atoms with van der Waals surface area (Å²) in [6, 6.07) is 0.219. The summed E-state index contributed by atoms with van der Waals surface area (Å²) in [6.07, 6.45) is 4.28. The number of amides is 1. The first kappa shape index (κ1) is 18.8. The van der Waals surface area contributed by atoms with Crippen LogP contribution in [0.5, 0.6) is 0 Å². The first-order valence-electron chi connectivity index (χ1n) is 8.97. The third-order valence-corrected chi connectivity index (χ3v) is 4.72. The lowest BCUT2D eigenvalue weighted by Gasteiger charge is -2.22. The lowest BCUT2D eigenvalue weighted by atomic mass is 10.2. The average molecular weight is 370 g/mol. The molecule has 0 unspecified atom stereocenters. The Balaban J connectivity index is 1.79. The van der Waals surface area contributed by atoms with E-state index >= 15 is 0 Å². The first-order chi connectivity index (χ1) is 12.9. The van der Waals surface area contributed by atoms with Crippen LogP contribution in [0.1, 0.15) is 28.3 Å². The number of rotatable bonds is 5. The van der Waals surface area contributed by atoms with Crippen LogP contribution in [0, 0.1) is 13.8 Å². The molecule has 9 nitrogen and oxygen atoms in total. The second kappa shape index (κ2) is 7.73. The Morgan fingerprint density at radius 1 is 1.19 bits per heavy atom. The Morgan fingerprint density at radius 3 is 2.56 bits per heavy atom. The fourth-order valence-corrected chi connectivity index (χ4v) is 3.11. The van der Waals surface area contributed by atoms with Crippen molar-refractivity contribution in [2.45, 2.75) is 26.3 Å². The van der Waals surface area contributed by atoms with Gasteiger partial charge in [0.05, 0.1) is 0 Å². The molecule has 0 aliphatic carbocycles. The highest BCUT2D eigenvalue weighted by Gasteiger charge is 2.27. The van der Waals surface area contributed by atoms with Gasteiger partial charge in [-0.05, 0) is 20.3 Å². The summed E-state index contributed by atoms with van der Waals surface area (Å²) in [5.74, 6) is 2.34. The van der Waals surface area contributed by atoms with Crippen molar-refractivity contribution in [3.63, 3.8) is 0 Å². The number of hydrogen-bond acceptors (Lipinski definition) is 8. The van der Waals surface area contributed by atoms with Crippen molar-refractivity contribution in [3.8, 4) is 0 Å². The van der Waals surface area contributed by atoms with Gasteiger partial charge in [-0.2, -0.15) is 0 Å². The van der Waals surface area contributed by atoms with Crippen LogP contribution in [0.4, 0.5) is 17.5 Å². The summed E-state index contributed by atoms with van der Waals surface area (Å²) in [6.45, 7) is 5.53. The van der Waals surface area contributed by atoms with Crippen LogP contribution in [0.2, 0.25) is 0 Å². The molecular formula is C18H26N8O. The zero-order valence-corrected chi connectivity index (χ0v) is 16.4. The highest BCUT2D eigenvalue weighted by Crippen LogP contribution is 2.26. The maximum absolute atomic E-state index is 12.3. The van der Waals surface area contributed by atoms with E-state index in [1.54, 1.807) is 26.5 Å². The lowest BCUT2D eigenvalue weighted by molar-refractivity contribution is 0.0815. The largest absolute Gasteiger partial charge is 0.370 e. The van der Waals surface area contributed by atoms with Crippen LogP contribution in [-0.2, 0) is 0 Å². The van der Waals surface area contributed by atoms with E-state index in [-0.39, 0.29) is 17.8 Å². The van der Waals surface area contributed by atoms with Gasteiger partial charge in [-0.1, -0.05) is 0 Å². The highest BCUT2D eigenvalue weighted by atomic mass is 16.2. The van der Waals surface area contributed by atoms with E-state index in [9.17, 15) is 4.79 Å². The molecule has 1 atom stereocenters. The summed E-state index contributed by atoms with van der Waals surface area (Å²) in [7, 11) is 5.24. The molecule has 3 rings (SSSR count). The maximum atomic E-state index is 12.3. The van der Waals surface area contributed by atoms with Crippen LogP contribution in [-0.4, -0.2) is 71.0 Å². The van der Waals surface area contributed by atoms with Gasteiger partial charge < -0.3 is 20.4 Å². The molecule has 2 N–H and O–H groups in total. The molecule has 1 fully saturated rings. The van der Waals surface area contributed by atoms with Gasteiger partial charge in [-0.25, -0.2) is 19.9 Å². The van der Waals surface area contributed by atoms with Crippen molar-refractivity contribution in [1.29, 1.82) is 0 Å². The monoisotopic (exact) mass is 370 g/mol. The summed E-state index contributed by atoms with van der Waals surface area (Å²) in [4.78, 5) is 33.6. The third kappa shape index (κ3) is 3.91. The Labute approximate surface area is 159 Å². The highest BCUT2D eigenvalue weighted by molar-refractivity contribution is 5.90. The summed E-state index contributed by atoms with van der Waals surface area (Å²) in [5.41, 5.74) is 1.83. The second-order valence-corrected chi connectivity index (χ2v) is 6.86. The Morgan fingerprint density at radius 2 is 1.89 bits per heavy atom. The van der Waals surface area contributed by atoms with E-state index in [1.807, 2.05) is 20.9 Å². The molecule has 1 aliphatic rings. The van der Waals surface area contributed by atoms with Gasteiger partial charge >= 0.3 is 0 Å². The summed E-state index contributed by atoms with van der Waals surface area (Å²) >= 11 is 0. The zero-order chi connectivity index (χ0) is 19.6. The van der Waals surface area contributed by atoms with Crippen molar-refractivity contribution in [2.75, 3.05) is 49.8 Å². The number of hydrogen-bond donors (Lipinski definition) is 2. The van der Waals surface area contributed by atoms with Crippen LogP contribution in [0.25, 0.3) is 0 Å². The molecule has 1 saturated heterocycles. The molecule has 0 bridgehead atoms. The Kier molecular flexibility index (Phi) is 5.38. The summed E-state index contributed by atoms with van der Waals surface area (Å²) in [5, 5.41) is 6.50. The zero-order valence-electron chi connectivity index (χ0n) is 16.4. The van der Waals surface area contributed by atoms with E-state index in [0.29, 0.717) is 0 Å². The van der Waals surface area contributed by atoms with Gasteiger partial charge in [0.1, 0.15) is 5.82 Å². The Bertz CT molecular complexity index is 838. The average Bonchev–Trinajstić information content (AvgIpc) is 3.11. The molecule has 2 aromatic heterocycles. The molecule has 9 heteroatoms. The third-order valence-electron chi connectivity index (χ3n) is 4.72. The van der Waals surface area contributed by atoms with Crippen LogP contribution >= 0.6 is 0 Å². The van der Waals surface area contributed by atoms with Crippen molar-refractivity contribution < 1.29 is 4.79 Å². The van der Waals surface area contributed by atoms with Gasteiger partial charge in [-0.3, -0.25) is 4.79 Å². The fourth-order valence-electron chi connectivity index (χ4n) is 3.11. The minimum absolute atomic E-state index is 0.188. The van der Waals surface area contributed by atoms with E-state index in [2.05, 4.69) is 35.5 Å². The van der Waals surface area contributed by atoms with Gasteiger partial charge in [-0.15, -0.1) is 0 Å². The molecule has 0 saturated carbocycles. The van der Waals surface area contributed by atoms with Crippen LogP contribution < -0.4 is 15.5 Å². The Hall–Kier alpha value is -2.97. The molecule has 3 heterocycles. The topological polar surface area (TPSA) is 99.2 Å². The molecular weight excluding hydrogens is 344 g/mol. The van der Waals surface area contributed by atoms with E-state index in [1.165, 1.54) is 4.90 Å². The van der Waals surface area contributed by atoms with Gasteiger partial charge in [0.25, 0.3) is 5.91 Å². The first-order valence-corrected chi connectivity index (χ1v) is 8.97. The van der Waals surface area contributed by atoms with Crippen molar-refractivity contribution in [3.05, 3.63) is 29.5 Å². The normalized spacial score (nSPS) is 16.3. The minimum Gasteiger partial charge on any atom is -0.370 e. The number of carbonyl (C=O) groups excluding carboxylic acids is 1. The standard InChI is InChI=1S/C18H26N8O/c1-11-12(2)22-16(18(27)25(4)5)24-17(11)26-9-6-13(10-26)23-15-14(19-3)20-7-8-21-15/h7-8,13H,6,9-10H2,1-5H3,(H,19,20)(H,21,23)/t13-/m1/s1. The fraction of sp³-hybridized carbons (Fsp3) is 0.500. The maximum Gasteiger partial charge on any atom is 0.291 e. The predicted octanol–water partition coefficient (Wildman–Crippen LogP) is 1.32. The SMILES string of the molecule is CNc1nccnc1N[C@@H]1CCN(c2nc(C(=O)N(C)C)nc(C)c2C)C1. The number of aryl methyl sites for hydroxylation is 1. The number of carbonyl (C=O) groups is 1. The van der Waals surface area contributed by atoms with E-state index in [4.69, 9.17) is 0 Å². The molecule has 27 heavy (non-hydrogen) atoms. The summed E-state index contributed by atoms with van der Waals surface area (Å²) < 4.78 is 0. The molecule has 0 spiro atoms. The van der Waals surface area contributed by atoms with Crippen LogP contribution in [0.15, 0.2) is 12.4 Å². The smallest absolute Gasteiger partial charge is 0.291 e. The molecule has 0 aromatic carbocycles. The number of aromatic nitrogens is 4. The molecule has 0 radical (unpaired) electrons. The van der Waals surface area contributed by atoms with E-state index < -0.39 is 0 Å². The number of nitrogens with one attached hydrogen (secondary N) is 2. The van der Waals surface area contributed by atoms with Crippen LogP contribution in [0.3, 0.4) is 0 Å². The molecule has 1 aliphatic heterocycles. The van der Waals surface area contributed by atoms with Crippen molar-refractivity contribution in [1.82, 2.24) is 24.8 Å². The number of anilines is 3. The van der Waals surface area contributed by atoms with Crippen molar-refractivity contribution in [2.24, 2.45) is 0 Å². The molecule has 144 valence electrons. The second-order valence-electron chi connectivity index (χ2n) is 6.86. The van der Waals surface area contributed by atoms with Crippen molar-refractivity contribution >= 4 is 23.4 Å². The minimum atomic E-state index is -0.188. The molecule has 2 aromatic rings. The van der Waals surface area contributed by atoms with E-state index in [0.717, 1.165) is 48.2 Å². The van der Waals surface area contributed by atoms with Gasteiger partial charge in [0, 0.05) is 63.9 Å². The predicted molar refractivity (Wildman–Crippen MR) is 105 cm³/mol. The lowest BCUT2D eigenvalue weighted by Crippen LogP contribution is -2.30. The van der Waals surface area contributed by atoms with Gasteiger partial charge in [0.2, 0.25) is 5.82 Å². The molecule has 1 amide bonds. The van der Waals surface area contributed by atoms with Gasteiger partial charge in [0.15, 0.2) is 11.6 Å². The quantitative estimate of drug-likeness (QED) is 0.813. The number of nitrogens with zero attached hydrogens (tertiary/aromatic N) is 6.